The van der Waals surface area contributed by atoms with Gasteiger partial charge < -0.3 is 5.32 Å². The first-order chi connectivity index (χ1) is 7.83. The van der Waals surface area contributed by atoms with Gasteiger partial charge in [-0.1, -0.05) is 29.8 Å². The van der Waals surface area contributed by atoms with Gasteiger partial charge in [0.1, 0.15) is 0 Å². The molecule has 1 unspecified atom stereocenters. The van der Waals surface area contributed by atoms with E-state index in [1.165, 1.54) is 0 Å². The van der Waals surface area contributed by atoms with Crippen LogP contribution in [0.4, 0.5) is 17.6 Å². The van der Waals surface area contributed by atoms with Crippen molar-refractivity contribution >= 4 is 0 Å². The summed E-state index contributed by atoms with van der Waals surface area (Å²) < 4.78 is 49.2. The topological polar surface area (TPSA) is 12.0 Å². The van der Waals surface area contributed by atoms with E-state index in [-0.39, 0.29) is 6.04 Å². The minimum atomic E-state index is -3.99. The predicted octanol–water partition coefficient (Wildman–Crippen LogP) is 3.55. The summed E-state index contributed by atoms with van der Waals surface area (Å²) >= 11 is 0. The first-order valence-electron chi connectivity index (χ1n) is 5.29. The molecule has 1 rings (SSSR count). The van der Waals surface area contributed by atoms with Crippen molar-refractivity contribution < 1.29 is 17.6 Å². The van der Waals surface area contributed by atoms with Crippen LogP contribution in [0.1, 0.15) is 24.1 Å². The molecule has 0 bridgehead atoms. The third-order valence-electron chi connectivity index (χ3n) is 2.54. The van der Waals surface area contributed by atoms with Crippen molar-refractivity contribution in [1.29, 1.82) is 0 Å². The zero-order valence-electron chi connectivity index (χ0n) is 9.68. The summed E-state index contributed by atoms with van der Waals surface area (Å²) in [6.07, 6.45) is -3.64. The summed E-state index contributed by atoms with van der Waals surface area (Å²) in [5, 5.41) is 2.41. The molecule has 0 aliphatic carbocycles. The molecule has 0 aromatic heterocycles. The molecule has 0 amide bonds. The number of rotatable bonds is 5. The monoisotopic (exact) mass is 249 g/mol. The number of hydrogen-bond donors (Lipinski definition) is 1. The standard InChI is InChI=1S/C12H15F4N/c1-8-3-5-10(6-4-8)9(2)17-7-12(15,16)11(13)14/h3-6,9,11,17H,7H2,1-2H3. The maximum absolute atomic E-state index is 12.7. The Kier molecular flexibility index (Phi) is 4.51. The third-order valence-corrected chi connectivity index (χ3v) is 2.54. The average Bonchev–Trinajstić information content (AvgIpc) is 2.27. The van der Waals surface area contributed by atoms with Crippen LogP contribution in [0.5, 0.6) is 0 Å². The largest absolute Gasteiger partial charge is 0.319 e. The van der Waals surface area contributed by atoms with Crippen LogP contribution >= 0.6 is 0 Å². The molecule has 0 saturated carbocycles. The van der Waals surface area contributed by atoms with Crippen LogP contribution in [0.2, 0.25) is 0 Å². The molecule has 0 aliphatic heterocycles. The highest BCUT2D eigenvalue weighted by molar-refractivity contribution is 5.23. The van der Waals surface area contributed by atoms with Gasteiger partial charge in [0.05, 0.1) is 6.54 Å². The quantitative estimate of drug-likeness (QED) is 0.787. The van der Waals surface area contributed by atoms with E-state index >= 15 is 0 Å². The molecule has 1 aromatic carbocycles. The number of nitrogens with one attached hydrogen (secondary N) is 1. The second-order valence-corrected chi connectivity index (χ2v) is 4.08. The van der Waals surface area contributed by atoms with Crippen molar-refractivity contribution in [1.82, 2.24) is 5.32 Å². The van der Waals surface area contributed by atoms with Crippen LogP contribution in [0, 0.1) is 6.92 Å². The van der Waals surface area contributed by atoms with Gasteiger partial charge in [-0.15, -0.1) is 0 Å². The number of benzene rings is 1. The van der Waals surface area contributed by atoms with Gasteiger partial charge in [0.2, 0.25) is 0 Å². The molecule has 96 valence electrons. The Morgan fingerprint density at radius 2 is 1.71 bits per heavy atom. The van der Waals surface area contributed by atoms with Gasteiger partial charge >= 0.3 is 12.3 Å². The van der Waals surface area contributed by atoms with Crippen molar-refractivity contribution in [2.45, 2.75) is 32.2 Å². The lowest BCUT2D eigenvalue weighted by molar-refractivity contribution is -0.126. The van der Waals surface area contributed by atoms with Crippen molar-refractivity contribution in [3.8, 4) is 0 Å². The summed E-state index contributed by atoms with van der Waals surface area (Å²) in [5.74, 6) is -3.99. The molecule has 1 aromatic rings. The van der Waals surface area contributed by atoms with E-state index in [0.717, 1.165) is 11.1 Å². The first kappa shape index (κ1) is 14.0. The smallest absolute Gasteiger partial charge is 0.304 e. The van der Waals surface area contributed by atoms with Gasteiger partial charge in [0.25, 0.3) is 0 Å². The van der Waals surface area contributed by atoms with E-state index < -0.39 is 18.9 Å². The van der Waals surface area contributed by atoms with E-state index in [1.807, 2.05) is 19.1 Å². The minimum absolute atomic E-state index is 0.389. The van der Waals surface area contributed by atoms with Gasteiger partial charge in [-0.2, -0.15) is 8.78 Å². The molecule has 0 heterocycles. The zero-order chi connectivity index (χ0) is 13.1. The van der Waals surface area contributed by atoms with Crippen LogP contribution < -0.4 is 5.32 Å². The Labute approximate surface area is 97.8 Å². The zero-order valence-corrected chi connectivity index (χ0v) is 9.68. The summed E-state index contributed by atoms with van der Waals surface area (Å²) in [5.41, 5.74) is 1.85. The fraction of sp³-hybridized carbons (Fsp3) is 0.500. The normalized spacial score (nSPS) is 14.1. The molecule has 0 radical (unpaired) electrons. The Balaban J connectivity index is 2.55. The molecule has 1 nitrogen and oxygen atoms in total. The van der Waals surface area contributed by atoms with Gasteiger partial charge in [-0.25, -0.2) is 8.78 Å². The summed E-state index contributed by atoms with van der Waals surface area (Å²) in [6, 6.07) is 6.87. The molecule has 0 fully saturated rings. The van der Waals surface area contributed by atoms with Gasteiger partial charge in [-0.05, 0) is 19.4 Å². The lowest BCUT2D eigenvalue weighted by Crippen LogP contribution is -2.39. The molecular weight excluding hydrogens is 234 g/mol. The summed E-state index contributed by atoms with van der Waals surface area (Å²) in [6.45, 7) is 2.54. The third kappa shape index (κ3) is 4.00. The van der Waals surface area contributed by atoms with Crippen LogP contribution in [0.3, 0.4) is 0 Å². The van der Waals surface area contributed by atoms with Crippen LogP contribution in [-0.2, 0) is 0 Å². The maximum Gasteiger partial charge on any atom is 0.319 e. The highest BCUT2D eigenvalue weighted by Crippen LogP contribution is 2.23. The van der Waals surface area contributed by atoms with Crippen molar-refractivity contribution in [3.63, 3.8) is 0 Å². The van der Waals surface area contributed by atoms with Crippen LogP contribution in [0.15, 0.2) is 24.3 Å². The highest BCUT2D eigenvalue weighted by Gasteiger charge is 2.40. The number of hydrogen-bond acceptors (Lipinski definition) is 1. The average molecular weight is 249 g/mol. The van der Waals surface area contributed by atoms with Crippen molar-refractivity contribution in [2.75, 3.05) is 6.54 Å². The maximum atomic E-state index is 12.7. The molecule has 5 heteroatoms. The molecule has 0 aliphatic rings. The number of alkyl halides is 4. The Morgan fingerprint density at radius 3 is 2.18 bits per heavy atom. The summed E-state index contributed by atoms with van der Waals surface area (Å²) in [7, 11) is 0. The van der Waals surface area contributed by atoms with E-state index in [2.05, 4.69) is 5.32 Å². The Morgan fingerprint density at radius 1 is 1.18 bits per heavy atom. The Hall–Kier alpha value is -1.10. The molecule has 1 N–H and O–H groups in total. The second kappa shape index (κ2) is 5.49. The van der Waals surface area contributed by atoms with Gasteiger partial charge in [-0.3, -0.25) is 0 Å². The Bertz CT molecular complexity index is 348. The second-order valence-electron chi connectivity index (χ2n) is 4.08. The fourth-order valence-corrected chi connectivity index (χ4v) is 1.34. The molecular formula is C12H15F4N. The highest BCUT2D eigenvalue weighted by atomic mass is 19.3. The lowest BCUT2D eigenvalue weighted by atomic mass is 10.1. The predicted molar refractivity (Wildman–Crippen MR) is 58.5 cm³/mol. The first-order valence-corrected chi connectivity index (χ1v) is 5.29. The number of halogens is 4. The van der Waals surface area contributed by atoms with E-state index in [9.17, 15) is 17.6 Å². The van der Waals surface area contributed by atoms with Crippen LogP contribution in [-0.4, -0.2) is 18.9 Å². The van der Waals surface area contributed by atoms with Crippen molar-refractivity contribution in [2.24, 2.45) is 0 Å². The SMILES string of the molecule is Cc1ccc(C(C)NCC(F)(F)C(F)F)cc1. The number of aryl methyl sites for hydroxylation is 1. The molecule has 1 atom stereocenters. The fourth-order valence-electron chi connectivity index (χ4n) is 1.34. The van der Waals surface area contributed by atoms with E-state index in [1.54, 1.807) is 19.1 Å². The minimum Gasteiger partial charge on any atom is -0.304 e. The molecule has 17 heavy (non-hydrogen) atoms. The molecule has 0 spiro atoms. The summed E-state index contributed by atoms with van der Waals surface area (Å²) in [4.78, 5) is 0. The van der Waals surface area contributed by atoms with E-state index in [0.29, 0.717) is 0 Å². The van der Waals surface area contributed by atoms with Gasteiger partial charge in [0.15, 0.2) is 0 Å². The van der Waals surface area contributed by atoms with Crippen molar-refractivity contribution in [3.05, 3.63) is 35.4 Å². The van der Waals surface area contributed by atoms with E-state index in [4.69, 9.17) is 0 Å². The van der Waals surface area contributed by atoms with Crippen LogP contribution in [0.25, 0.3) is 0 Å². The molecule has 0 saturated heterocycles. The lowest BCUT2D eigenvalue weighted by Gasteiger charge is -2.20. The van der Waals surface area contributed by atoms with Gasteiger partial charge in [0, 0.05) is 6.04 Å².